The van der Waals surface area contributed by atoms with Gasteiger partial charge in [-0.05, 0) is 17.7 Å². The molecule has 0 spiro atoms. The third-order valence-corrected chi connectivity index (χ3v) is 3.32. The number of ether oxygens (including phenoxy) is 1. The number of Topliss-reactive ketones (excluding diaryl/α,β-unsaturated/α-hetero) is 1. The van der Waals surface area contributed by atoms with Crippen molar-refractivity contribution in [3.63, 3.8) is 0 Å². The first-order chi connectivity index (χ1) is 9.97. The molecule has 1 aliphatic rings. The summed E-state index contributed by atoms with van der Waals surface area (Å²) in [5.41, 5.74) is 0.237. The van der Waals surface area contributed by atoms with Crippen LogP contribution in [0.4, 0.5) is 0 Å². The summed E-state index contributed by atoms with van der Waals surface area (Å²) in [5.74, 6) is -1.47. The second-order valence-electron chi connectivity index (χ2n) is 4.78. The van der Waals surface area contributed by atoms with Crippen LogP contribution < -0.4 is 4.74 Å². The molecule has 1 heterocycles. The van der Waals surface area contributed by atoms with Crippen LogP contribution in [0.3, 0.4) is 0 Å². The van der Waals surface area contributed by atoms with Crippen molar-refractivity contribution in [2.24, 2.45) is 0 Å². The van der Waals surface area contributed by atoms with Crippen LogP contribution in [-0.4, -0.2) is 32.3 Å². The Labute approximate surface area is 119 Å². The van der Waals surface area contributed by atoms with Gasteiger partial charge in [0.05, 0.1) is 0 Å². The molecule has 4 N–H and O–H groups in total. The van der Waals surface area contributed by atoms with E-state index in [4.69, 9.17) is 4.74 Å². The molecule has 108 valence electrons. The minimum atomic E-state index is -1.52. The summed E-state index contributed by atoms with van der Waals surface area (Å²) in [4.78, 5) is 12.2. The average molecular weight is 288 g/mol. The Kier molecular flexibility index (Phi) is 2.95. The first-order valence-corrected chi connectivity index (χ1v) is 6.21. The number of phenols is 3. The summed E-state index contributed by atoms with van der Waals surface area (Å²) < 4.78 is 5.52. The molecule has 1 aliphatic heterocycles. The van der Waals surface area contributed by atoms with E-state index in [1.807, 2.05) is 0 Å². The number of carbonyl (C=O) groups is 1. The highest BCUT2D eigenvalue weighted by Crippen LogP contribution is 2.41. The van der Waals surface area contributed by atoms with Crippen molar-refractivity contribution in [3.8, 4) is 23.0 Å². The topological polar surface area (TPSA) is 107 Å². The Balaban J connectivity index is 2.09. The van der Waals surface area contributed by atoms with Gasteiger partial charge in [-0.1, -0.05) is 12.1 Å². The maximum Gasteiger partial charge on any atom is 0.202 e. The summed E-state index contributed by atoms with van der Waals surface area (Å²) in [5, 5.41) is 38.8. The Bertz CT molecular complexity index is 724. The lowest BCUT2D eigenvalue weighted by molar-refractivity contribution is 0.0210. The lowest BCUT2D eigenvalue weighted by Gasteiger charge is -2.30. The zero-order valence-corrected chi connectivity index (χ0v) is 10.7. The largest absolute Gasteiger partial charge is 0.508 e. The van der Waals surface area contributed by atoms with Gasteiger partial charge in [-0.3, -0.25) is 4.79 Å². The van der Waals surface area contributed by atoms with Gasteiger partial charge < -0.3 is 25.2 Å². The van der Waals surface area contributed by atoms with E-state index in [-0.39, 0.29) is 22.8 Å². The summed E-state index contributed by atoms with van der Waals surface area (Å²) >= 11 is 0. The van der Waals surface area contributed by atoms with Crippen molar-refractivity contribution in [2.75, 3.05) is 0 Å². The molecule has 6 heteroatoms. The number of ketones is 1. The quantitative estimate of drug-likeness (QED) is 0.633. The fourth-order valence-corrected chi connectivity index (χ4v) is 2.37. The second-order valence-corrected chi connectivity index (χ2v) is 4.78. The molecule has 0 bridgehead atoms. The fourth-order valence-electron chi connectivity index (χ4n) is 2.37. The van der Waals surface area contributed by atoms with Crippen molar-refractivity contribution >= 4 is 5.78 Å². The molecule has 2 aromatic rings. The van der Waals surface area contributed by atoms with Crippen molar-refractivity contribution in [2.45, 2.75) is 12.2 Å². The smallest absolute Gasteiger partial charge is 0.202 e. The molecule has 0 unspecified atom stereocenters. The predicted octanol–water partition coefficient (Wildman–Crippen LogP) is 1.48. The second kappa shape index (κ2) is 4.68. The number of aliphatic hydroxyl groups excluding tert-OH is 1. The van der Waals surface area contributed by atoms with Crippen LogP contribution in [0, 0.1) is 0 Å². The number of phenolic OH excluding ortho intramolecular Hbond substituents is 3. The van der Waals surface area contributed by atoms with E-state index in [0.717, 1.165) is 6.07 Å². The Morgan fingerprint density at radius 1 is 1.00 bits per heavy atom. The van der Waals surface area contributed by atoms with Gasteiger partial charge in [0.2, 0.25) is 5.78 Å². The predicted molar refractivity (Wildman–Crippen MR) is 71.6 cm³/mol. The van der Waals surface area contributed by atoms with Crippen LogP contribution in [0.1, 0.15) is 22.0 Å². The van der Waals surface area contributed by atoms with Crippen LogP contribution in [0.25, 0.3) is 0 Å². The number of hydrogen-bond acceptors (Lipinski definition) is 6. The highest BCUT2D eigenvalue weighted by Gasteiger charge is 2.39. The number of rotatable bonds is 1. The molecule has 0 saturated carbocycles. The summed E-state index contributed by atoms with van der Waals surface area (Å²) in [7, 11) is 0. The van der Waals surface area contributed by atoms with Crippen molar-refractivity contribution in [3.05, 3.63) is 47.5 Å². The molecule has 2 aromatic carbocycles. The van der Waals surface area contributed by atoms with E-state index in [9.17, 15) is 25.2 Å². The van der Waals surface area contributed by atoms with Gasteiger partial charge in [0.1, 0.15) is 28.6 Å². The third-order valence-electron chi connectivity index (χ3n) is 3.32. The monoisotopic (exact) mass is 288 g/mol. The molecule has 2 atom stereocenters. The number of hydrogen-bond donors (Lipinski definition) is 4. The van der Waals surface area contributed by atoms with Gasteiger partial charge in [-0.2, -0.15) is 0 Å². The average Bonchev–Trinajstić information content (AvgIpc) is 2.42. The van der Waals surface area contributed by atoms with Gasteiger partial charge in [0.15, 0.2) is 12.2 Å². The fraction of sp³-hybridized carbons (Fsp3) is 0.133. The number of aliphatic hydroxyl groups is 1. The lowest BCUT2D eigenvalue weighted by atomic mass is 9.93. The zero-order valence-electron chi connectivity index (χ0n) is 10.7. The number of benzene rings is 2. The van der Waals surface area contributed by atoms with Crippen LogP contribution in [-0.2, 0) is 0 Å². The molecule has 0 fully saturated rings. The van der Waals surface area contributed by atoms with Gasteiger partial charge in [-0.25, -0.2) is 0 Å². The molecular weight excluding hydrogens is 276 g/mol. The standard InChI is InChI=1S/C15H12O6/c16-8-3-1-2-7(4-8)15-14(20)13(19)12-10(18)5-9(17)6-11(12)21-15/h1-6,14-18,20H/t14-,15-/m0/s1. The van der Waals surface area contributed by atoms with Crippen LogP contribution in [0.2, 0.25) is 0 Å². The third kappa shape index (κ3) is 2.15. The van der Waals surface area contributed by atoms with Gasteiger partial charge in [0, 0.05) is 12.1 Å². The van der Waals surface area contributed by atoms with Gasteiger partial charge in [0.25, 0.3) is 0 Å². The normalized spacial score (nSPS) is 20.7. The lowest BCUT2D eigenvalue weighted by Crippen LogP contribution is -2.36. The molecule has 0 aliphatic carbocycles. The SMILES string of the molecule is O=C1c2c(O)cc(O)cc2O[C@@H](c2cccc(O)c2)[C@H]1O. The molecule has 6 nitrogen and oxygen atoms in total. The summed E-state index contributed by atoms with van der Waals surface area (Å²) in [6.45, 7) is 0. The number of aromatic hydroxyl groups is 3. The molecule has 3 rings (SSSR count). The van der Waals surface area contributed by atoms with E-state index in [1.165, 1.54) is 18.2 Å². The minimum absolute atomic E-state index is 0.0175. The van der Waals surface area contributed by atoms with Crippen LogP contribution in [0.15, 0.2) is 36.4 Å². The Morgan fingerprint density at radius 3 is 2.48 bits per heavy atom. The molecule has 0 radical (unpaired) electrons. The highest BCUT2D eigenvalue weighted by atomic mass is 16.5. The molecular formula is C15H12O6. The van der Waals surface area contributed by atoms with Gasteiger partial charge >= 0.3 is 0 Å². The first-order valence-electron chi connectivity index (χ1n) is 6.21. The number of fused-ring (bicyclic) bond motifs is 1. The Hall–Kier alpha value is -2.73. The molecule has 21 heavy (non-hydrogen) atoms. The van der Waals surface area contributed by atoms with E-state index >= 15 is 0 Å². The van der Waals surface area contributed by atoms with Crippen LogP contribution >= 0.6 is 0 Å². The Morgan fingerprint density at radius 2 is 1.76 bits per heavy atom. The molecule has 0 aromatic heterocycles. The highest BCUT2D eigenvalue weighted by molar-refractivity contribution is 6.05. The van der Waals surface area contributed by atoms with Crippen molar-refractivity contribution < 1.29 is 30.0 Å². The van der Waals surface area contributed by atoms with E-state index in [2.05, 4.69) is 0 Å². The van der Waals surface area contributed by atoms with E-state index < -0.39 is 23.7 Å². The minimum Gasteiger partial charge on any atom is -0.508 e. The van der Waals surface area contributed by atoms with E-state index in [1.54, 1.807) is 12.1 Å². The summed E-state index contributed by atoms with van der Waals surface area (Å²) in [6.07, 6.45) is -2.55. The molecule has 0 saturated heterocycles. The number of carbonyl (C=O) groups excluding carboxylic acids is 1. The summed E-state index contributed by atoms with van der Waals surface area (Å²) in [6, 6.07) is 8.16. The maximum absolute atomic E-state index is 12.2. The van der Waals surface area contributed by atoms with Crippen molar-refractivity contribution in [1.82, 2.24) is 0 Å². The van der Waals surface area contributed by atoms with Gasteiger partial charge in [-0.15, -0.1) is 0 Å². The molecule has 0 amide bonds. The van der Waals surface area contributed by atoms with Crippen molar-refractivity contribution in [1.29, 1.82) is 0 Å². The first kappa shape index (κ1) is 13.3. The maximum atomic E-state index is 12.2. The zero-order chi connectivity index (χ0) is 15.1. The van der Waals surface area contributed by atoms with Crippen LogP contribution in [0.5, 0.6) is 23.0 Å². The van der Waals surface area contributed by atoms with E-state index in [0.29, 0.717) is 5.56 Å².